The maximum atomic E-state index is 12.9. The normalized spacial score (nSPS) is 13.5. The van der Waals surface area contributed by atoms with Gasteiger partial charge in [-0.2, -0.15) is 0 Å². The van der Waals surface area contributed by atoms with Crippen LogP contribution in [0.15, 0.2) is 77.6 Å². The molecule has 5 heteroatoms. The average molecular weight is 427 g/mol. The van der Waals surface area contributed by atoms with E-state index in [1.165, 1.54) is 12.8 Å². The smallest absolute Gasteiger partial charge is 0.190 e. The number of hydrogen-bond acceptors (Lipinski definition) is 4. The lowest BCUT2D eigenvalue weighted by Crippen LogP contribution is -2.17. The number of nitrogens with zero attached hydrogens (tertiary/aromatic N) is 1. The molecule has 0 amide bonds. The molecule has 2 heterocycles. The number of methoxy groups -OCH3 is 1. The zero-order valence-corrected chi connectivity index (χ0v) is 18.1. The lowest BCUT2D eigenvalue weighted by Gasteiger charge is -2.18. The van der Waals surface area contributed by atoms with Crippen LogP contribution in [0.3, 0.4) is 0 Å². The van der Waals surface area contributed by atoms with E-state index in [1.807, 2.05) is 60.7 Å². The van der Waals surface area contributed by atoms with Gasteiger partial charge in [-0.15, -0.1) is 0 Å². The lowest BCUT2D eigenvalue weighted by atomic mass is 10.1. The van der Waals surface area contributed by atoms with Crippen molar-refractivity contribution in [1.82, 2.24) is 4.98 Å². The molecule has 5 rings (SSSR count). The number of ether oxygens (including phenoxy) is 2. The van der Waals surface area contributed by atoms with E-state index in [1.54, 1.807) is 13.2 Å². The summed E-state index contributed by atoms with van der Waals surface area (Å²) in [6.07, 6.45) is 2.42. The first kappa shape index (κ1) is 20.2. The minimum Gasteiger partial charge on any atom is -0.493 e. The summed E-state index contributed by atoms with van der Waals surface area (Å²) >= 11 is 0. The van der Waals surface area contributed by atoms with Gasteiger partial charge >= 0.3 is 0 Å². The van der Waals surface area contributed by atoms with E-state index in [-0.39, 0.29) is 5.43 Å². The Balaban J connectivity index is 1.43. The van der Waals surface area contributed by atoms with E-state index in [0.29, 0.717) is 23.5 Å². The van der Waals surface area contributed by atoms with Crippen LogP contribution in [0.5, 0.6) is 11.5 Å². The molecule has 1 aromatic heterocycles. The van der Waals surface area contributed by atoms with Gasteiger partial charge in [-0.3, -0.25) is 4.79 Å². The monoisotopic (exact) mass is 426 g/mol. The molecule has 1 fully saturated rings. The van der Waals surface area contributed by atoms with Crippen LogP contribution in [0.4, 0.5) is 5.69 Å². The highest BCUT2D eigenvalue weighted by Gasteiger charge is 2.14. The number of rotatable bonds is 6. The molecule has 0 radical (unpaired) electrons. The summed E-state index contributed by atoms with van der Waals surface area (Å²) in [7, 11) is 1.62. The van der Waals surface area contributed by atoms with Crippen molar-refractivity contribution < 1.29 is 9.47 Å². The minimum atomic E-state index is 0.0122. The lowest BCUT2D eigenvalue weighted by molar-refractivity contribution is 0.284. The Labute approximate surface area is 187 Å². The number of fused-ring (bicyclic) bond motifs is 1. The molecule has 0 saturated carbocycles. The fourth-order valence-corrected chi connectivity index (χ4v) is 4.25. The summed E-state index contributed by atoms with van der Waals surface area (Å²) in [5.41, 5.74) is 4.68. The molecule has 0 atom stereocenters. The molecule has 1 aliphatic rings. The van der Waals surface area contributed by atoms with Crippen LogP contribution in [0.1, 0.15) is 18.4 Å². The van der Waals surface area contributed by atoms with Crippen LogP contribution in [-0.4, -0.2) is 25.2 Å². The van der Waals surface area contributed by atoms with E-state index >= 15 is 0 Å². The number of anilines is 1. The highest BCUT2D eigenvalue weighted by Crippen LogP contribution is 2.33. The third-order valence-electron chi connectivity index (χ3n) is 6.00. The standard InChI is InChI=1S/C27H26N2O3/c1-31-27-15-20(9-12-26(27)32-18-19-7-3-2-4-8-19)24-17-25(30)22-16-21(10-11-23(22)28-24)29-13-5-6-14-29/h2-4,7-12,15-17H,5-6,13-14,18H2,1H3,(H,28,30). The van der Waals surface area contributed by atoms with Gasteiger partial charge in [0.2, 0.25) is 0 Å². The number of aromatic nitrogens is 1. The van der Waals surface area contributed by atoms with Gasteiger partial charge in [0.25, 0.3) is 0 Å². The molecule has 1 N–H and O–H groups in total. The Bertz CT molecular complexity index is 1290. The van der Waals surface area contributed by atoms with E-state index < -0.39 is 0 Å². The first-order chi connectivity index (χ1) is 15.7. The molecule has 1 aliphatic heterocycles. The summed E-state index contributed by atoms with van der Waals surface area (Å²) in [6.45, 7) is 2.57. The Hall–Kier alpha value is -3.73. The van der Waals surface area contributed by atoms with Crippen LogP contribution in [0, 0.1) is 0 Å². The summed E-state index contributed by atoms with van der Waals surface area (Å²) in [5, 5.41) is 0.716. The second-order valence-corrected chi connectivity index (χ2v) is 8.11. The Morgan fingerprint density at radius 3 is 2.50 bits per heavy atom. The largest absolute Gasteiger partial charge is 0.493 e. The SMILES string of the molecule is COc1cc(-c2cc(=O)c3cc(N4CCCC4)ccc3[nH]2)ccc1OCc1ccccc1. The van der Waals surface area contributed by atoms with Crippen molar-refractivity contribution in [3.05, 3.63) is 88.6 Å². The van der Waals surface area contributed by atoms with Crippen molar-refractivity contribution >= 4 is 16.6 Å². The van der Waals surface area contributed by atoms with Gasteiger partial charge < -0.3 is 19.4 Å². The van der Waals surface area contributed by atoms with Crippen LogP contribution >= 0.6 is 0 Å². The summed E-state index contributed by atoms with van der Waals surface area (Å²) in [5.74, 6) is 1.29. The third kappa shape index (κ3) is 4.06. The van der Waals surface area contributed by atoms with Gasteiger partial charge in [-0.05, 0) is 54.8 Å². The molecule has 162 valence electrons. The number of hydrogen-bond donors (Lipinski definition) is 1. The predicted molar refractivity (Wildman–Crippen MR) is 129 cm³/mol. The molecule has 1 saturated heterocycles. The topological polar surface area (TPSA) is 54.6 Å². The Morgan fingerprint density at radius 2 is 1.72 bits per heavy atom. The van der Waals surface area contributed by atoms with Crippen molar-refractivity contribution in [2.75, 3.05) is 25.1 Å². The molecule has 5 nitrogen and oxygen atoms in total. The van der Waals surface area contributed by atoms with Crippen LogP contribution in [0.2, 0.25) is 0 Å². The van der Waals surface area contributed by atoms with Gasteiger partial charge in [-0.25, -0.2) is 0 Å². The Kier molecular flexibility index (Phi) is 5.55. The van der Waals surface area contributed by atoms with Gasteiger partial charge in [0.15, 0.2) is 16.9 Å². The maximum absolute atomic E-state index is 12.9. The molecule has 0 aliphatic carbocycles. The average Bonchev–Trinajstić information content (AvgIpc) is 3.38. The molecular weight excluding hydrogens is 400 g/mol. The van der Waals surface area contributed by atoms with E-state index in [0.717, 1.165) is 41.1 Å². The third-order valence-corrected chi connectivity index (χ3v) is 6.00. The molecule has 0 unspecified atom stereocenters. The minimum absolute atomic E-state index is 0.0122. The number of pyridine rings is 1. The zero-order chi connectivity index (χ0) is 21.9. The van der Waals surface area contributed by atoms with Crippen LogP contribution in [-0.2, 0) is 6.61 Å². The van der Waals surface area contributed by atoms with Crippen molar-refractivity contribution in [1.29, 1.82) is 0 Å². The van der Waals surface area contributed by atoms with Crippen LogP contribution in [0.25, 0.3) is 22.2 Å². The zero-order valence-electron chi connectivity index (χ0n) is 18.1. The van der Waals surface area contributed by atoms with E-state index in [4.69, 9.17) is 9.47 Å². The first-order valence-corrected chi connectivity index (χ1v) is 11.0. The van der Waals surface area contributed by atoms with E-state index in [9.17, 15) is 4.79 Å². The quantitative estimate of drug-likeness (QED) is 0.450. The summed E-state index contributed by atoms with van der Waals surface area (Å²) in [4.78, 5) is 18.7. The van der Waals surface area contributed by atoms with Gasteiger partial charge in [0, 0.05) is 47.0 Å². The van der Waals surface area contributed by atoms with Crippen molar-refractivity contribution in [3.8, 4) is 22.8 Å². The van der Waals surface area contributed by atoms with Gasteiger partial charge in [0.1, 0.15) is 6.61 Å². The van der Waals surface area contributed by atoms with Gasteiger partial charge in [-0.1, -0.05) is 30.3 Å². The van der Waals surface area contributed by atoms with E-state index in [2.05, 4.69) is 16.0 Å². The first-order valence-electron chi connectivity index (χ1n) is 11.0. The van der Waals surface area contributed by atoms with Crippen LogP contribution < -0.4 is 19.8 Å². The second-order valence-electron chi connectivity index (χ2n) is 8.11. The fraction of sp³-hybridized carbons (Fsp3) is 0.222. The summed E-state index contributed by atoms with van der Waals surface area (Å²) in [6, 6.07) is 23.5. The van der Waals surface area contributed by atoms with Gasteiger partial charge in [0.05, 0.1) is 7.11 Å². The molecule has 0 spiro atoms. The maximum Gasteiger partial charge on any atom is 0.190 e. The number of benzene rings is 3. The summed E-state index contributed by atoms with van der Waals surface area (Å²) < 4.78 is 11.5. The van der Waals surface area contributed by atoms with Crippen molar-refractivity contribution in [3.63, 3.8) is 0 Å². The Morgan fingerprint density at radius 1 is 0.906 bits per heavy atom. The fourth-order valence-electron chi connectivity index (χ4n) is 4.25. The molecule has 4 aromatic rings. The molecule has 32 heavy (non-hydrogen) atoms. The number of H-pyrrole nitrogens is 1. The molecular formula is C27H26N2O3. The number of nitrogens with one attached hydrogen (secondary N) is 1. The highest BCUT2D eigenvalue weighted by atomic mass is 16.5. The van der Waals surface area contributed by atoms with Crippen molar-refractivity contribution in [2.24, 2.45) is 0 Å². The highest BCUT2D eigenvalue weighted by molar-refractivity contribution is 5.85. The molecule has 3 aromatic carbocycles. The number of aromatic amines is 1. The second kappa shape index (κ2) is 8.79. The molecule has 0 bridgehead atoms. The predicted octanol–water partition coefficient (Wildman–Crippen LogP) is 5.38. The van der Waals surface area contributed by atoms with Crippen molar-refractivity contribution in [2.45, 2.75) is 19.4 Å².